The number of hydrogen-bond donors (Lipinski definition) is 2. The van der Waals surface area contributed by atoms with Gasteiger partial charge in [0.25, 0.3) is 0 Å². The van der Waals surface area contributed by atoms with Gasteiger partial charge in [0.1, 0.15) is 6.04 Å². The van der Waals surface area contributed by atoms with E-state index in [1.807, 2.05) is 30.0 Å². The summed E-state index contributed by atoms with van der Waals surface area (Å²) in [6, 6.07) is 7.89. The molecule has 1 amide bonds. The van der Waals surface area contributed by atoms with Crippen LogP contribution in [0.5, 0.6) is 0 Å². The fourth-order valence-corrected chi connectivity index (χ4v) is 3.32. The molecule has 2 heterocycles. The van der Waals surface area contributed by atoms with E-state index < -0.39 is 5.60 Å². The van der Waals surface area contributed by atoms with Crippen LogP contribution in [0, 0.1) is 0 Å². The molecule has 2 aliphatic rings. The summed E-state index contributed by atoms with van der Waals surface area (Å²) in [4.78, 5) is 14.6. The molecule has 108 valence electrons. The third-order valence-electron chi connectivity index (χ3n) is 4.34. The predicted octanol–water partition coefficient (Wildman–Crippen LogP) is 1.25. The molecule has 0 radical (unpaired) electrons. The highest BCUT2D eigenvalue weighted by atomic mass is 16.3. The smallest absolute Gasteiger partial charge is 0.244 e. The van der Waals surface area contributed by atoms with E-state index in [4.69, 9.17) is 0 Å². The van der Waals surface area contributed by atoms with Crippen molar-refractivity contribution in [3.8, 4) is 0 Å². The number of rotatable bonds is 1. The quantitative estimate of drug-likeness (QED) is 0.810. The van der Waals surface area contributed by atoms with Crippen LogP contribution >= 0.6 is 0 Å². The molecule has 2 aliphatic heterocycles. The van der Waals surface area contributed by atoms with Crippen molar-refractivity contribution in [2.45, 2.75) is 37.8 Å². The van der Waals surface area contributed by atoms with Crippen molar-refractivity contribution in [1.29, 1.82) is 0 Å². The number of nitrogens with zero attached hydrogens (tertiary/aromatic N) is 1. The van der Waals surface area contributed by atoms with Crippen molar-refractivity contribution in [3.63, 3.8) is 0 Å². The van der Waals surface area contributed by atoms with E-state index in [2.05, 4.69) is 11.4 Å². The number of benzene rings is 1. The third-order valence-corrected chi connectivity index (χ3v) is 4.34. The first kappa shape index (κ1) is 13.6. The Morgan fingerprint density at radius 2 is 2.25 bits per heavy atom. The molecule has 2 atom stereocenters. The van der Waals surface area contributed by atoms with E-state index in [0.717, 1.165) is 37.9 Å². The van der Waals surface area contributed by atoms with E-state index in [9.17, 15) is 9.90 Å². The molecule has 0 aromatic heterocycles. The number of hydrogen-bond acceptors (Lipinski definition) is 3. The molecule has 4 nitrogen and oxygen atoms in total. The van der Waals surface area contributed by atoms with Crippen molar-refractivity contribution in [1.82, 2.24) is 10.2 Å². The van der Waals surface area contributed by atoms with Crippen molar-refractivity contribution < 1.29 is 9.90 Å². The molecule has 0 spiro atoms. The molecule has 1 fully saturated rings. The van der Waals surface area contributed by atoms with Gasteiger partial charge >= 0.3 is 0 Å². The van der Waals surface area contributed by atoms with Crippen LogP contribution in [0.15, 0.2) is 24.3 Å². The fourth-order valence-electron chi connectivity index (χ4n) is 3.32. The largest absolute Gasteiger partial charge is 0.388 e. The minimum Gasteiger partial charge on any atom is -0.388 e. The molecular formula is C16H22N2O2. The maximum absolute atomic E-state index is 12.8. The minimum atomic E-state index is -0.748. The lowest BCUT2D eigenvalue weighted by Crippen LogP contribution is -2.52. The number of fused-ring (bicyclic) bond motifs is 1. The van der Waals surface area contributed by atoms with Crippen LogP contribution in [-0.2, 0) is 11.2 Å². The highest BCUT2D eigenvalue weighted by Crippen LogP contribution is 2.27. The Morgan fingerprint density at radius 3 is 3.05 bits per heavy atom. The Balaban J connectivity index is 1.81. The molecule has 20 heavy (non-hydrogen) atoms. The van der Waals surface area contributed by atoms with E-state index >= 15 is 0 Å². The first-order chi connectivity index (χ1) is 9.57. The van der Waals surface area contributed by atoms with Gasteiger partial charge in [0.05, 0.1) is 5.60 Å². The van der Waals surface area contributed by atoms with Crippen LogP contribution in [0.3, 0.4) is 0 Å². The zero-order valence-corrected chi connectivity index (χ0v) is 11.9. The molecule has 1 saturated heterocycles. The molecule has 2 unspecified atom stereocenters. The zero-order chi connectivity index (χ0) is 14.2. The molecule has 0 saturated carbocycles. The Bertz CT molecular complexity index is 513. The van der Waals surface area contributed by atoms with Gasteiger partial charge in [-0.1, -0.05) is 24.3 Å². The molecule has 3 rings (SSSR count). The number of amides is 1. The number of nitrogens with one attached hydrogen (secondary N) is 1. The van der Waals surface area contributed by atoms with Gasteiger partial charge in [0, 0.05) is 19.6 Å². The SMILES string of the molecule is CC1(O)CCCN(C(=O)C2NCCc3ccccc32)C1. The zero-order valence-electron chi connectivity index (χ0n) is 11.9. The lowest BCUT2D eigenvalue weighted by Gasteiger charge is -2.39. The van der Waals surface area contributed by atoms with Crippen LogP contribution in [-0.4, -0.2) is 41.1 Å². The van der Waals surface area contributed by atoms with Crippen molar-refractivity contribution in [2.24, 2.45) is 0 Å². The monoisotopic (exact) mass is 274 g/mol. The number of β-amino-alcohol motifs (C(OH)–C–C–N with tert-alkyl or cyclic N) is 1. The van der Waals surface area contributed by atoms with Crippen LogP contribution in [0.1, 0.15) is 36.9 Å². The number of aliphatic hydroxyl groups is 1. The van der Waals surface area contributed by atoms with Gasteiger partial charge < -0.3 is 15.3 Å². The van der Waals surface area contributed by atoms with Crippen molar-refractivity contribution >= 4 is 5.91 Å². The van der Waals surface area contributed by atoms with Gasteiger partial charge in [-0.15, -0.1) is 0 Å². The molecule has 1 aromatic rings. The maximum atomic E-state index is 12.8. The summed E-state index contributed by atoms with van der Waals surface area (Å²) in [6.07, 6.45) is 2.61. The fraction of sp³-hybridized carbons (Fsp3) is 0.562. The summed E-state index contributed by atoms with van der Waals surface area (Å²) in [5.74, 6) is 0.0946. The first-order valence-corrected chi connectivity index (χ1v) is 7.39. The van der Waals surface area contributed by atoms with Gasteiger partial charge in [0.2, 0.25) is 5.91 Å². The molecule has 1 aromatic carbocycles. The first-order valence-electron chi connectivity index (χ1n) is 7.39. The lowest BCUT2D eigenvalue weighted by atomic mass is 9.91. The summed E-state index contributed by atoms with van der Waals surface area (Å²) in [7, 11) is 0. The van der Waals surface area contributed by atoms with Crippen LogP contribution in [0.25, 0.3) is 0 Å². The summed E-state index contributed by atoms with van der Waals surface area (Å²) in [5, 5.41) is 13.5. The van der Waals surface area contributed by atoms with Crippen molar-refractivity contribution in [2.75, 3.05) is 19.6 Å². The Hall–Kier alpha value is -1.39. The van der Waals surface area contributed by atoms with Gasteiger partial charge in [-0.2, -0.15) is 0 Å². The Labute approximate surface area is 119 Å². The molecular weight excluding hydrogens is 252 g/mol. The van der Waals surface area contributed by atoms with Gasteiger partial charge in [-0.05, 0) is 37.3 Å². The molecule has 2 N–H and O–H groups in total. The van der Waals surface area contributed by atoms with Crippen molar-refractivity contribution in [3.05, 3.63) is 35.4 Å². The molecule has 4 heteroatoms. The highest BCUT2D eigenvalue weighted by Gasteiger charge is 2.35. The number of piperidine rings is 1. The second-order valence-electron chi connectivity index (χ2n) is 6.20. The third kappa shape index (κ3) is 2.58. The van der Waals surface area contributed by atoms with Gasteiger partial charge in [-0.3, -0.25) is 4.79 Å². The van der Waals surface area contributed by atoms with E-state index in [1.54, 1.807) is 0 Å². The van der Waals surface area contributed by atoms with Gasteiger partial charge in [-0.25, -0.2) is 0 Å². The number of carbonyl (C=O) groups excluding carboxylic acids is 1. The topological polar surface area (TPSA) is 52.6 Å². The van der Waals surface area contributed by atoms with Crippen LogP contribution < -0.4 is 5.32 Å². The van der Waals surface area contributed by atoms with E-state index in [-0.39, 0.29) is 11.9 Å². The molecule has 0 aliphatic carbocycles. The van der Waals surface area contributed by atoms with Crippen LogP contribution in [0.2, 0.25) is 0 Å². The summed E-state index contributed by atoms with van der Waals surface area (Å²) in [5.41, 5.74) is 1.60. The average Bonchev–Trinajstić information content (AvgIpc) is 2.45. The van der Waals surface area contributed by atoms with Gasteiger partial charge in [0.15, 0.2) is 0 Å². The summed E-state index contributed by atoms with van der Waals surface area (Å²) in [6.45, 7) is 3.83. The predicted molar refractivity (Wildman–Crippen MR) is 77.3 cm³/mol. The number of likely N-dealkylation sites (tertiary alicyclic amines) is 1. The summed E-state index contributed by atoms with van der Waals surface area (Å²) >= 11 is 0. The van der Waals surface area contributed by atoms with E-state index in [1.165, 1.54) is 5.56 Å². The second-order valence-corrected chi connectivity index (χ2v) is 6.20. The highest BCUT2D eigenvalue weighted by molar-refractivity contribution is 5.84. The normalized spacial score (nSPS) is 29.9. The Morgan fingerprint density at radius 1 is 1.45 bits per heavy atom. The average molecular weight is 274 g/mol. The summed E-state index contributed by atoms with van der Waals surface area (Å²) < 4.78 is 0. The second kappa shape index (κ2) is 5.19. The number of carbonyl (C=O) groups is 1. The molecule has 0 bridgehead atoms. The minimum absolute atomic E-state index is 0.0946. The maximum Gasteiger partial charge on any atom is 0.244 e. The Kier molecular flexibility index (Phi) is 3.52. The standard InChI is InChI=1S/C16H22N2O2/c1-16(20)8-4-10-18(11-16)15(19)14-13-6-3-2-5-12(13)7-9-17-14/h2-3,5-6,14,17,20H,4,7-11H2,1H3. The lowest BCUT2D eigenvalue weighted by molar-refractivity contribution is -0.140. The van der Waals surface area contributed by atoms with E-state index in [0.29, 0.717) is 6.54 Å². The van der Waals surface area contributed by atoms with Crippen LogP contribution in [0.4, 0.5) is 0 Å².